The number of hydrogen-bond donors (Lipinski definition) is 0. The summed E-state index contributed by atoms with van der Waals surface area (Å²) in [7, 11) is 7.04. The third-order valence-electron chi connectivity index (χ3n) is 8.13. The third kappa shape index (κ3) is 5.64. The van der Waals surface area contributed by atoms with Gasteiger partial charge in [-0.15, -0.1) is 0 Å². The highest BCUT2D eigenvalue weighted by molar-refractivity contribution is 6.38. The summed E-state index contributed by atoms with van der Waals surface area (Å²) in [6, 6.07) is 4.00. The van der Waals surface area contributed by atoms with E-state index in [0.29, 0.717) is 5.92 Å². The Morgan fingerprint density at radius 3 is 2.80 bits per heavy atom. The van der Waals surface area contributed by atoms with Crippen LogP contribution in [-0.2, 0) is 16.5 Å². The van der Waals surface area contributed by atoms with Gasteiger partial charge in [-0.25, -0.2) is 9.98 Å². The van der Waals surface area contributed by atoms with Crippen LogP contribution in [-0.4, -0.2) is 84.6 Å². The molecular weight excluding hydrogens is 518 g/mol. The Bertz CT molecular complexity index is 1470. The fourth-order valence-corrected chi connectivity index (χ4v) is 5.98. The highest BCUT2D eigenvalue weighted by Crippen LogP contribution is 2.35. The largest absolute Gasteiger partial charge is 0.501 e. The first-order valence-electron chi connectivity index (χ1n) is 14.1. The van der Waals surface area contributed by atoms with Gasteiger partial charge in [0.05, 0.1) is 51.0 Å². The minimum Gasteiger partial charge on any atom is -0.501 e. The summed E-state index contributed by atoms with van der Waals surface area (Å²) < 4.78 is 18.8. The Balaban J connectivity index is 1.28. The number of nitrogens with zero attached hydrogens (tertiary/aromatic N) is 7. The standard InChI is InChI=1S/C31H37N7O3/c1-36-20-22(16-34-36)29-17-33-27-8-7-23(14-28(27)35-29)38(24-12-25(39-2)15-26(13-24)40-3)19-21-9-11-37(18-21)31-30(41-4)6-5-10-32-31/h5-7,10,12,14-17,20-21,24,27H,8-9,11,13,18-19H2,1-4H3. The molecule has 2 aliphatic heterocycles. The number of allylic oxidation sites excluding steroid dienone is 2. The highest BCUT2D eigenvalue weighted by Gasteiger charge is 2.33. The van der Waals surface area contributed by atoms with Gasteiger partial charge in [0.15, 0.2) is 11.6 Å². The zero-order chi connectivity index (χ0) is 28.3. The zero-order valence-electron chi connectivity index (χ0n) is 24.1. The molecule has 0 aromatic carbocycles. The van der Waals surface area contributed by atoms with E-state index < -0.39 is 0 Å². The van der Waals surface area contributed by atoms with E-state index in [0.717, 1.165) is 84.7 Å². The van der Waals surface area contributed by atoms with Gasteiger partial charge in [-0.05, 0) is 43.0 Å². The number of anilines is 1. The molecule has 0 saturated carbocycles. The second-order valence-electron chi connectivity index (χ2n) is 10.8. The normalized spacial score (nSPS) is 23.6. The molecule has 0 radical (unpaired) electrons. The van der Waals surface area contributed by atoms with Crippen molar-refractivity contribution in [3.8, 4) is 5.75 Å². The number of fused-ring (bicyclic) bond motifs is 1. The van der Waals surface area contributed by atoms with E-state index >= 15 is 0 Å². The van der Waals surface area contributed by atoms with Crippen LogP contribution in [0.15, 0.2) is 87.9 Å². The van der Waals surface area contributed by atoms with E-state index in [-0.39, 0.29) is 12.1 Å². The van der Waals surface area contributed by atoms with Crippen LogP contribution in [0, 0.1) is 5.92 Å². The number of aromatic nitrogens is 3. The Hall–Kier alpha value is -4.34. The lowest BCUT2D eigenvalue weighted by atomic mass is 9.96. The molecule has 10 nitrogen and oxygen atoms in total. The molecule has 2 aliphatic carbocycles. The minimum atomic E-state index is 0.0329. The predicted octanol–water partition coefficient (Wildman–Crippen LogP) is 3.90. The molecule has 41 heavy (non-hydrogen) atoms. The van der Waals surface area contributed by atoms with Gasteiger partial charge in [0, 0.05) is 69.0 Å². The van der Waals surface area contributed by atoms with Crippen molar-refractivity contribution in [3.63, 3.8) is 0 Å². The zero-order valence-corrected chi connectivity index (χ0v) is 24.1. The summed E-state index contributed by atoms with van der Waals surface area (Å²) in [5.74, 6) is 3.88. The van der Waals surface area contributed by atoms with Crippen molar-refractivity contribution in [2.75, 3.05) is 45.9 Å². The number of ether oxygens (including phenoxy) is 3. The summed E-state index contributed by atoms with van der Waals surface area (Å²) in [4.78, 5) is 19.3. The van der Waals surface area contributed by atoms with E-state index in [1.165, 1.54) is 0 Å². The number of methoxy groups -OCH3 is 3. The third-order valence-corrected chi connectivity index (χ3v) is 8.13. The van der Waals surface area contributed by atoms with Crippen molar-refractivity contribution in [1.82, 2.24) is 19.7 Å². The van der Waals surface area contributed by atoms with E-state index in [9.17, 15) is 0 Å². The van der Waals surface area contributed by atoms with Gasteiger partial charge in [-0.3, -0.25) is 9.67 Å². The number of pyridine rings is 1. The van der Waals surface area contributed by atoms with Crippen molar-refractivity contribution in [2.45, 2.75) is 31.3 Å². The predicted molar refractivity (Wildman–Crippen MR) is 159 cm³/mol. The molecule has 10 heteroatoms. The summed E-state index contributed by atoms with van der Waals surface area (Å²) in [5.41, 5.74) is 3.95. The molecule has 3 unspecified atom stereocenters. The summed E-state index contributed by atoms with van der Waals surface area (Å²) >= 11 is 0. The smallest absolute Gasteiger partial charge is 0.171 e. The average Bonchev–Trinajstić information content (AvgIpc) is 3.68. The Morgan fingerprint density at radius 1 is 1.12 bits per heavy atom. The maximum atomic E-state index is 5.71. The van der Waals surface area contributed by atoms with Crippen LogP contribution in [0.1, 0.15) is 24.8 Å². The van der Waals surface area contributed by atoms with Gasteiger partial charge in [0.25, 0.3) is 0 Å². The highest BCUT2D eigenvalue weighted by atomic mass is 16.5. The van der Waals surface area contributed by atoms with Gasteiger partial charge in [-0.1, -0.05) is 6.08 Å². The molecule has 1 fully saturated rings. The lowest BCUT2D eigenvalue weighted by Gasteiger charge is -2.38. The molecule has 214 valence electrons. The monoisotopic (exact) mass is 555 g/mol. The second kappa shape index (κ2) is 11.6. The van der Waals surface area contributed by atoms with E-state index in [1.54, 1.807) is 26.0 Å². The van der Waals surface area contributed by atoms with Crippen LogP contribution >= 0.6 is 0 Å². The summed E-state index contributed by atoms with van der Waals surface area (Å²) in [5, 5.41) is 4.31. The van der Waals surface area contributed by atoms with Gasteiger partial charge in [0.1, 0.15) is 11.5 Å². The molecule has 4 aliphatic rings. The fourth-order valence-electron chi connectivity index (χ4n) is 5.98. The molecular formula is C31H37N7O3. The van der Waals surface area contributed by atoms with E-state index in [4.69, 9.17) is 24.2 Å². The Labute approximate surface area is 241 Å². The number of rotatable bonds is 9. The molecule has 2 aromatic rings. The second-order valence-corrected chi connectivity index (χ2v) is 10.8. The van der Waals surface area contributed by atoms with E-state index in [2.05, 4.69) is 38.1 Å². The maximum Gasteiger partial charge on any atom is 0.171 e. The van der Waals surface area contributed by atoms with Gasteiger partial charge >= 0.3 is 0 Å². The molecule has 3 atom stereocenters. The minimum absolute atomic E-state index is 0.0329. The van der Waals surface area contributed by atoms with Crippen molar-refractivity contribution in [1.29, 1.82) is 0 Å². The molecule has 6 rings (SSSR count). The lowest BCUT2D eigenvalue weighted by molar-refractivity contribution is 0.199. The van der Waals surface area contributed by atoms with Crippen molar-refractivity contribution < 1.29 is 14.2 Å². The lowest BCUT2D eigenvalue weighted by Crippen LogP contribution is -2.40. The molecule has 0 amide bonds. The maximum absolute atomic E-state index is 5.71. The van der Waals surface area contributed by atoms with Gasteiger partial charge in [-0.2, -0.15) is 5.10 Å². The van der Waals surface area contributed by atoms with Crippen molar-refractivity contribution in [3.05, 3.63) is 83.5 Å². The summed E-state index contributed by atoms with van der Waals surface area (Å²) in [6.07, 6.45) is 18.8. The molecule has 0 N–H and O–H groups in total. The first-order chi connectivity index (χ1) is 20.0. The molecule has 4 heterocycles. The van der Waals surface area contributed by atoms with Crippen LogP contribution < -0.4 is 9.64 Å². The van der Waals surface area contributed by atoms with Crippen molar-refractivity contribution >= 4 is 17.7 Å². The van der Waals surface area contributed by atoms with Crippen LogP contribution in [0.3, 0.4) is 0 Å². The molecule has 2 aromatic heterocycles. The molecule has 0 bridgehead atoms. The SMILES string of the molecule is COC1=CC(N(CC2CCN(c3ncccc3OC)C2)C2=CCC3N=CC(c4cnn(C)c4)=NC3=C2)CC(OC)=C1. The van der Waals surface area contributed by atoms with Crippen LogP contribution in [0.2, 0.25) is 0 Å². The Morgan fingerprint density at radius 2 is 2.02 bits per heavy atom. The van der Waals surface area contributed by atoms with Crippen LogP contribution in [0.25, 0.3) is 0 Å². The molecule has 0 spiro atoms. The Kier molecular flexibility index (Phi) is 7.63. The van der Waals surface area contributed by atoms with Gasteiger partial charge in [0.2, 0.25) is 0 Å². The first-order valence-corrected chi connectivity index (χ1v) is 14.1. The topological polar surface area (TPSA) is 89.6 Å². The van der Waals surface area contributed by atoms with Gasteiger partial charge < -0.3 is 24.0 Å². The van der Waals surface area contributed by atoms with E-state index in [1.807, 2.05) is 50.1 Å². The fraction of sp³-hybridized carbons (Fsp3) is 0.419. The van der Waals surface area contributed by atoms with Crippen LogP contribution in [0.4, 0.5) is 5.82 Å². The van der Waals surface area contributed by atoms with Crippen LogP contribution in [0.5, 0.6) is 5.75 Å². The average molecular weight is 556 g/mol. The first kappa shape index (κ1) is 26.9. The number of aliphatic imine (C=N–C) groups is 2. The number of aryl methyl sites for hydroxylation is 1. The summed E-state index contributed by atoms with van der Waals surface area (Å²) in [6.45, 7) is 2.72. The number of hydrogen-bond acceptors (Lipinski definition) is 9. The molecule has 1 saturated heterocycles. The van der Waals surface area contributed by atoms with Crippen molar-refractivity contribution in [2.24, 2.45) is 23.0 Å². The quantitative estimate of drug-likeness (QED) is 0.464.